The predicted molar refractivity (Wildman–Crippen MR) is 105 cm³/mol. The third-order valence-corrected chi connectivity index (χ3v) is 4.12. The van der Waals surface area contributed by atoms with Gasteiger partial charge in [-0.05, 0) is 24.5 Å². The van der Waals surface area contributed by atoms with Crippen LogP contribution in [0.3, 0.4) is 0 Å². The number of aliphatic imine (C=N–C) groups is 1. The van der Waals surface area contributed by atoms with E-state index in [1.807, 2.05) is 12.1 Å². The van der Waals surface area contributed by atoms with Gasteiger partial charge in [0, 0.05) is 45.0 Å². The average molecular weight is 364 g/mol. The number of ether oxygens (including phenoxy) is 2. The summed E-state index contributed by atoms with van der Waals surface area (Å²) in [7, 11) is 1.62. The minimum Gasteiger partial charge on any atom is -0.481 e. The highest BCUT2D eigenvalue weighted by Crippen LogP contribution is 2.10. The molecule has 1 aromatic rings. The van der Waals surface area contributed by atoms with E-state index < -0.39 is 0 Å². The molecular weight excluding hydrogens is 330 g/mol. The van der Waals surface area contributed by atoms with Crippen molar-refractivity contribution < 1.29 is 9.47 Å². The topological polar surface area (TPSA) is 71.0 Å². The van der Waals surface area contributed by atoms with E-state index >= 15 is 0 Å². The van der Waals surface area contributed by atoms with E-state index in [1.165, 1.54) is 0 Å². The van der Waals surface area contributed by atoms with E-state index in [1.54, 1.807) is 13.3 Å². The van der Waals surface area contributed by atoms with Crippen molar-refractivity contribution in [3.63, 3.8) is 0 Å². The van der Waals surface area contributed by atoms with Crippen molar-refractivity contribution >= 4 is 5.96 Å². The Morgan fingerprint density at radius 1 is 1.46 bits per heavy atom. The summed E-state index contributed by atoms with van der Waals surface area (Å²) in [6, 6.07) is 3.85. The molecule has 1 saturated heterocycles. The van der Waals surface area contributed by atoms with Crippen LogP contribution < -0.4 is 15.4 Å². The average Bonchev–Trinajstić information content (AvgIpc) is 2.64. The maximum absolute atomic E-state index is 5.90. The predicted octanol–water partition coefficient (Wildman–Crippen LogP) is 1.50. The molecule has 0 spiro atoms. The molecule has 0 saturated carbocycles. The van der Waals surface area contributed by atoms with Gasteiger partial charge in [0.1, 0.15) is 0 Å². The Hall–Kier alpha value is -1.86. The van der Waals surface area contributed by atoms with Crippen molar-refractivity contribution in [1.29, 1.82) is 0 Å². The third kappa shape index (κ3) is 7.17. The summed E-state index contributed by atoms with van der Waals surface area (Å²) < 4.78 is 11.1. The summed E-state index contributed by atoms with van der Waals surface area (Å²) >= 11 is 0. The molecule has 0 radical (unpaired) electrons. The maximum atomic E-state index is 5.90. The summed E-state index contributed by atoms with van der Waals surface area (Å²) in [6.45, 7) is 12.6. The van der Waals surface area contributed by atoms with Gasteiger partial charge in [-0.25, -0.2) is 9.98 Å². The molecule has 1 aliphatic heterocycles. The van der Waals surface area contributed by atoms with Crippen LogP contribution in [0.2, 0.25) is 0 Å². The van der Waals surface area contributed by atoms with E-state index in [0.29, 0.717) is 18.3 Å². The number of methoxy groups -OCH3 is 1. The number of morpholine rings is 1. The molecule has 1 unspecified atom stereocenters. The second kappa shape index (κ2) is 11.0. The number of nitrogens with zero attached hydrogens (tertiary/aromatic N) is 3. The highest BCUT2D eigenvalue weighted by Gasteiger charge is 2.21. The van der Waals surface area contributed by atoms with Crippen LogP contribution in [-0.2, 0) is 11.3 Å². The van der Waals surface area contributed by atoms with Gasteiger partial charge in [0.25, 0.3) is 0 Å². The van der Waals surface area contributed by atoms with Crippen molar-refractivity contribution in [2.24, 2.45) is 10.9 Å². The number of aromatic nitrogens is 1. The Bertz CT molecular complexity index is 565. The van der Waals surface area contributed by atoms with Crippen molar-refractivity contribution in [3.05, 3.63) is 23.9 Å². The van der Waals surface area contributed by atoms with Crippen LogP contribution in [0.4, 0.5) is 0 Å². The van der Waals surface area contributed by atoms with Gasteiger partial charge >= 0.3 is 0 Å². The van der Waals surface area contributed by atoms with Gasteiger partial charge < -0.3 is 20.1 Å². The lowest BCUT2D eigenvalue weighted by Crippen LogP contribution is -2.50. The van der Waals surface area contributed by atoms with Crippen molar-refractivity contribution in [1.82, 2.24) is 20.5 Å². The normalized spacial score (nSPS) is 18.8. The first kappa shape index (κ1) is 20.5. The Morgan fingerprint density at radius 3 is 3.04 bits per heavy atom. The molecule has 1 fully saturated rings. The molecule has 2 N–H and O–H groups in total. The van der Waals surface area contributed by atoms with Crippen molar-refractivity contribution in [3.8, 4) is 5.88 Å². The molecule has 1 aromatic heterocycles. The third-order valence-electron chi connectivity index (χ3n) is 4.12. The van der Waals surface area contributed by atoms with Crippen molar-refractivity contribution in [2.45, 2.75) is 33.4 Å². The summed E-state index contributed by atoms with van der Waals surface area (Å²) in [5.74, 6) is 2.09. The second-order valence-corrected chi connectivity index (χ2v) is 6.93. The molecule has 0 aliphatic carbocycles. The van der Waals surface area contributed by atoms with Crippen LogP contribution >= 0.6 is 0 Å². The first-order valence-corrected chi connectivity index (χ1v) is 9.45. The van der Waals surface area contributed by atoms with Gasteiger partial charge in [0.15, 0.2) is 5.96 Å². The number of hydrogen-bond donors (Lipinski definition) is 2. The Kier molecular flexibility index (Phi) is 8.64. The molecule has 0 aromatic carbocycles. The van der Waals surface area contributed by atoms with E-state index in [0.717, 1.165) is 50.9 Å². The number of guanidine groups is 1. The minimum atomic E-state index is 0.187. The summed E-state index contributed by atoms with van der Waals surface area (Å²) in [4.78, 5) is 11.3. The lowest BCUT2D eigenvalue weighted by Gasteiger charge is -2.34. The SMILES string of the molecule is CCNC(=NCc1ccnc(OC)c1)NCC1CN(CC(C)C)CCO1. The van der Waals surface area contributed by atoms with E-state index in [9.17, 15) is 0 Å². The summed E-state index contributed by atoms with van der Waals surface area (Å²) in [6.07, 6.45) is 1.93. The van der Waals surface area contributed by atoms with Crippen LogP contribution in [0.15, 0.2) is 23.3 Å². The van der Waals surface area contributed by atoms with Crippen LogP contribution in [0.5, 0.6) is 5.88 Å². The number of nitrogens with one attached hydrogen (secondary N) is 2. The molecule has 0 amide bonds. The zero-order chi connectivity index (χ0) is 18.8. The fourth-order valence-electron chi connectivity index (χ4n) is 2.97. The number of rotatable bonds is 8. The standard InChI is InChI=1S/C19H33N5O2/c1-5-20-19(22-11-16-6-7-21-18(10-16)25-4)23-12-17-14-24(8-9-26-17)13-15(2)3/h6-7,10,15,17H,5,8-9,11-14H2,1-4H3,(H2,20,22,23). The van der Waals surface area contributed by atoms with Crippen molar-refractivity contribution in [2.75, 3.05) is 46.4 Å². The van der Waals surface area contributed by atoms with Crippen LogP contribution in [0, 0.1) is 5.92 Å². The number of pyridine rings is 1. The lowest BCUT2D eigenvalue weighted by atomic mass is 10.2. The smallest absolute Gasteiger partial charge is 0.213 e. The summed E-state index contributed by atoms with van der Waals surface area (Å²) in [5, 5.41) is 6.69. The zero-order valence-electron chi connectivity index (χ0n) is 16.5. The molecule has 146 valence electrons. The molecule has 1 aliphatic rings. The highest BCUT2D eigenvalue weighted by atomic mass is 16.5. The Labute approximate surface area is 157 Å². The zero-order valence-corrected chi connectivity index (χ0v) is 16.5. The molecule has 2 heterocycles. The van der Waals surface area contributed by atoms with Gasteiger partial charge in [0.2, 0.25) is 5.88 Å². The lowest BCUT2D eigenvalue weighted by molar-refractivity contribution is -0.0284. The number of hydrogen-bond acceptors (Lipinski definition) is 5. The molecule has 2 rings (SSSR count). The fraction of sp³-hybridized carbons (Fsp3) is 0.684. The van der Waals surface area contributed by atoms with E-state index in [2.05, 4.69) is 46.3 Å². The Morgan fingerprint density at radius 2 is 2.31 bits per heavy atom. The van der Waals surface area contributed by atoms with Gasteiger partial charge in [-0.15, -0.1) is 0 Å². The van der Waals surface area contributed by atoms with Gasteiger partial charge in [-0.1, -0.05) is 13.8 Å². The second-order valence-electron chi connectivity index (χ2n) is 6.93. The first-order chi connectivity index (χ1) is 12.6. The maximum Gasteiger partial charge on any atom is 0.213 e. The van der Waals surface area contributed by atoms with E-state index in [4.69, 9.17) is 9.47 Å². The van der Waals surface area contributed by atoms with E-state index in [-0.39, 0.29) is 6.10 Å². The minimum absolute atomic E-state index is 0.187. The molecule has 7 heteroatoms. The molecule has 0 bridgehead atoms. The molecule has 7 nitrogen and oxygen atoms in total. The van der Waals surface area contributed by atoms with Crippen LogP contribution in [-0.4, -0.2) is 68.4 Å². The Balaban J connectivity index is 1.86. The fourth-order valence-corrected chi connectivity index (χ4v) is 2.97. The summed E-state index contributed by atoms with van der Waals surface area (Å²) in [5.41, 5.74) is 1.06. The van der Waals surface area contributed by atoms with Gasteiger partial charge in [-0.2, -0.15) is 0 Å². The largest absolute Gasteiger partial charge is 0.481 e. The van der Waals surface area contributed by atoms with Crippen LogP contribution in [0.1, 0.15) is 26.3 Å². The molecule has 26 heavy (non-hydrogen) atoms. The first-order valence-electron chi connectivity index (χ1n) is 9.45. The molecular formula is C19H33N5O2. The molecule has 1 atom stereocenters. The van der Waals surface area contributed by atoms with Crippen LogP contribution in [0.25, 0.3) is 0 Å². The highest BCUT2D eigenvalue weighted by molar-refractivity contribution is 5.79. The van der Waals surface area contributed by atoms with Gasteiger partial charge in [-0.3, -0.25) is 4.90 Å². The van der Waals surface area contributed by atoms with Gasteiger partial charge in [0.05, 0.1) is 26.4 Å². The monoisotopic (exact) mass is 363 g/mol. The quantitative estimate of drug-likeness (QED) is 0.539.